The Morgan fingerprint density at radius 2 is 2.07 bits per heavy atom. The lowest BCUT2D eigenvalue weighted by Crippen LogP contribution is -2.28. The summed E-state index contributed by atoms with van der Waals surface area (Å²) in [6.45, 7) is 2.49. The van der Waals surface area contributed by atoms with Crippen LogP contribution < -0.4 is 0 Å². The van der Waals surface area contributed by atoms with Crippen LogP contribution in [-0.2, 0) is 11.3 Å². The number of benzene rings is 2. The Hall–Kier alpha value is -1.83. The summed E-state index contributed by atoms with van der Waals surface area (Å²) >= 11 is 11.1. The lowest BCUT2D eigenvalue weighted by Gasteiger charge is -2.18. The van der Waals surface area contributed by atoms with Gasteiger partial charge in [-0.15, -0.1) is 10.2 Å². The van der Waals surface area contributed by atoms with E-state index in [-0.39, 0.29) is 11.7 Å². The molecule has 0 aliphatic heterocycles. The molecule has 0 saturated heterocycles. The number of carbonyl (C=O) groups is 1. The van der Waals surface area contributed by atoms with E-state index >= 15 is 0 Å². The van der Waals surface area contributed by atoms with Crippen molar-refractivity contribution in [2.24, 2.45) is 0 Å². The molecular weight excluding hydrogens is 448 g/mol. The van der Waals surface area contributed by atoms with Gasteiger partial charge in [0.05, 0.1) is 11.4 Å². The fourth-order valence-electron chi connectivity index (χ4n) is 2.44. The molecule has 0 saturated carbocycles. The molecule has 140 valence electrons. The van der Waals surface area contributed by atoms with Gasteiger partial charge in [0.25, 0.3) is 0 Å². The third-order valence-electron chi connectivity index (χ3n) is 4.07. The third-order valence-corrected chi connectivity index (χ3v) is 6.17. The summed E-state index contributed by atoms with van der Waals surface area (Å²) in [5.74, 6) is 0.298. The van der Waals surface area contributed by atoms with E-state index in [1.165, 1.54) is 11.8 Å². The smallest absolute Gasteiger partial charge is 0.233 e. The number of halogens is 2. The number of rotatable bonds is 6. The maximum atomic E-state index is 12.5. The molecule has 0 atom stereocenters. The van der Waals surface area contributed by atoms with Crippen molar-refractivity contribution in [3.8, 4) is 5.69 Å². The molecule has 0 spiro atoms. The molecule has 3 rings (SSSR count). The fraction of sp³-hybridized carbons (Fsp3) is 0.211. The second kappa shape index (κ2) is 8.91. The van der Waals surface area contributed by atoms with Gasteiger partial charge in [-0.25, -0.2) is 0 Å². The van der Waals surface area contributed by atoms with Crippen LogP contribution in [0.3, 0.4) is 0 Å². The van der Waals surface area contributed by atoms with Gasteiger partial charge >= 0.3 is 0 Å². The van der Waals surface area contributed by atoms with Crippen LogP contribution in [0.5, 0.6) is 0 Å². The van der Waals surface area contributed by atoms with Crippen LogP contribution >= 0.6 is 39.3 Å². The molecule has 2 aromatic carbocycles. The average molecular weight is 466 g/mol. The molecule has 1 aromatic heterocycles. The number of hydrogen-bond acceptors (Lipinski definition) is 4. The van der Waals surface area contributed by atoms with Crippen molar-refractivity contribution in [1.82, 2.24) is 19.7 Å². The summed E-state index contributed by atoms with van der Waals surface area (Å²) in [6, 6.07) is 13.7. The number of aromatic nitrogens is 3. The molecule has 5 nitrogen and oxygen atoms in total. The van der Waals surface area contributed by atoms with Crippen molar-refractivity contribution in [3.05, 3.63) is 69.4 Å². The highest BCUT2D eigenvalue weighted by Gasteiger charge is 2.14. The zero-order chi connectivity index (χ0) is 19.4. The number of aryl methyl sites for hydroxylation is 1. The summed E-state index contributed by atoms with van der Waals surface area (Å²) in [7, 11) is 1.80. The Labute approximate surface area is 175 Å². The van der Waals surface area contributed by atoms with Gasteiger partial charge in [0.1, 0.15) is 6.33 Å². The van der Waals surface area contributed by atoms with Crippen molar-refractivity contribution in [1.29, 1.82) is 0 Å². The Bertz CT molecular complexity index is 962. The topological polar surface area (TPSA) is 51.0 Å². The van der Waals surface area contributed by atoms with Crippen LogP contribution in [0.4, 0.5) is 0 Å². The van der Waals surface area contributed by atoms with E-state index in [0.29, 0.717) is 16.7 Å². The zero-order valence-electron chi connectivity index (χ0n) is 14.9. The Kier molecular flexibility index (Phi) is 6.57. The highest BCUT2D eigenvalue weighted by atomic mass is 79.9. The number of thioether (sulfide) groups is 1. The molecule has 0 aliphatic rings. The molecule has 0 bridgehead atoms. The standard InChI is InChI=1S/C19H18BrClN4OS/c1-13-7-8-15(9-17(13)21)25-12-22-23-19(25)27-11-18(26)24(2)10-14-5-3-4-6-16(14)20/h3-9,12H,10-11H2,1-2H3. The molecule has 8 heteroatoms. The normalized spacial score (nSPS) is 10.8. The van der Waals surface area contributed by atoms with Gasteiger partial charge in [-0.05, 0) is 36.2 Å². The zero-order valence-corrected chi connectivity index (χ0v) is 18.1. The first-order chi connectivity index (χ1) is 13.0. The number of carbonyl (C=O) groups excluding carboxylic acids is 1. The Balaban J connectivity index is 1.65. The molecule has 27 heavy (non-hydrogen) atoms. The van der Waals surface area contributed by atoms with Gasteiger partial charge in [0.2, 0.25) is 5.91 Å². The van der Waals surface area contributed by atoms with E-state index in [1.807, 2.05) is 54.0 Å². The second-order valence-electron chi connectivity index (χ2n) is 6.05. The lowest BCUT2D eigenvalue weighted by molar-refractivity contribution is -0.127. The van der Waals surface area contributed by atoms with Gasteiger partial charge in [0.15, 0.2) is 5.16 Å². The molecular formula is C19H18BrClN4OS. The average Bonchev–Trinajstić information content (AvgIpc) is 3.12. The second-order valence-corrected chi connectivity index (χ2v) is 8.25. The first-order valence-electron chi connectivity index (χ1n) is 8.22. The summed E-state index contributed by atoms with van der Waals surface area (Å²) in [6.07, 6.45) is 1.62. The van der Waals surface area contributed by atoms with Crippen molar-refractivity contribution in [2.75, 3.05) is 12.8 Å². The molecule has 3 aromatic rings. The maximum Gasteiger partial charge on any atom is 0.233 e. The van der Waals surface area contributed by atoms with Crippen molar-refractivity contribution in [3.63, 3.8) is 0 Å². The molecule has 0 radical (unpaired) electrons. The van der Waals surface area contributed by atoms with Crippen LogP contribution in [0.25, 0.3) is 5.69 Å². The lowest BCUT2D eigenvalue weighted by atomic mass is 10.2. The van der Waals surface area contributed by atoms with Crippen molar-refractivity contribution < 1.29 is 4.79 Å². The molecule has 1 amide bonds. The van der Waals surface area contributed by atoms with Crippen LogP contribution in [-0.4, -0.2) is 38.4 Å². The van der Waals surface area contributed by atoms with Crippen LogP contribution in [0, 0.1) is 6.92 Å². The summed E-state index contributed by atoms with van der Waals surface area (Å²) in [5.41, 5.74) is 2.94. The maximum absolute atomic E-state index is 12.5. The van der Waals surface area contributed by atoms with Gasteiger partial charge in [-0.2, -0.15) is 0 Å². The van der Waals surface area contributed by atoms with E-state index in [0.717, 1.165) is 21.3 Å². The van der Waals surface area contributed by atoms with Crippen molar-refractivity contribution >= 4 is 45.2 Å². The van der Waals surface area contributed by atoms with E-state index in [2.05, 4.69) is 26.1 Å². The number of amides is 1. The quantitative estimate of drug-likeness (QED) is 0.493. The van der Waals surface area contributed by atoms with E-state index in [1.54, 1.807) is 18.3 Å². The SMILES string of the molecule is Cc1ccc(-n2cnnc2SCC(=O)N(C)Cc2ccccc2Br)cc1Cl. The monoisotopic (exact) mass is 464 g/mol. The van der Waals surface area contributed by atoms with Crippen LogP contribution in [0.15, 0.2) is 58.4 Å². The minimum Gasteiger partial charge on any atom is -0.341 e. The van der Waals surface area contributed by atoms with Crippen LogP contribution in [0.1, 0.15) is 11.1 Å². The van der Waals surface area contributed by atoms with E-state index in [4.69, 9.17) is 11.6 Å². The predicted octanol–water partition coefficient (Wildman–Crippen LogP) is 4.74. The minimum absolute atomic E-state index is 0.0206. The van der Waals surface area contributed by atoms with E-state index < -0.39 is 0 Å². The number of hydrogen-bond donors (Lipinski definition) is 0. The molecule has 0 aliphatic carbocycles. The first-order valence-corrected chi connectivity index (χ1v) is 10.4. The van der Waals surface area contributed by atoms with Gasteiger partial charge in [-0.3, -0.25) is 9.36 Å². The largest absolute Gasteiger partial charge is 0.341 e. The Morgan fingerprint density at radius 3 is 2.81 bits per heavy atom. The Morgan fingerprint density at radius 1 is 1.30 bits per heavy atom. The van der Waals surface area contributed by atoms with Gasteiger partial charge in [0, 0.05) is 23.1 Å². The number of nitrogens with zero attached hydrogens (tertiary/aromatic N) is 4. The van der Waals surface area contributed by atoms with Crippen molar-refractivity contribution in [2.45, 2.75) is 18.6 Å². The third kappa shape index (κ3) is 4.91. The summed E-state index contributed by atoms with van der Waals surface area (Å²) in [4.78, 5) is 14.2. The molecule has 1 heterocycles. The summed E-state index contributed by atoms with van der Waals surface area (Å²) < 4.78 is 2.82. The summed E-state index contributed by atoms with van der Waals surface area (Å²) in [5, 5.41) is 9.43. The van der Waals surface area contributed by atoms with Crippen LogP contribution in [0.2, 0.25) is 5.02 Å². The fourth-order valence-corrected chi connectivity index (χ4v) is 3.89. The molecule has 0 fully saturated rings. The van der Waals surface area contributed by atoms with Gasteiger partial charge in [-0.1, -0.05) is 63.6 Å². The van der Waals surface area contributed by atoms with Gasteiger partial charge < -0.3 is 4.90 Å². The highest BCUT2D eigenvalue weighted by molar-refractivity contribution is 9.10. The minimum atomic E-state index is 0.0206. The highest BCUT2D eigenvalue weighted by Crippen LogP contribution is 2.24. The predicted molar refractivity (Wildman–Crippen MR) is 112 cm³/mol. The van der Waals surface area contributed by atoms with E-state index in [9.17, 15) is 4.79 Å². The molecule has 0 unspecified atom stereocenters. The molecule has 0 N–H and O–H groups in total. The first kappa shape index (κ1) is 19.9.